The average molecular weight is 698 g/mol. The Morgan fingerprint density at radius 2 is 1.78 bits per heavy atom. The summed E-state index contributed by atoms with van der Waals surface area (Å²) in [5.74, 6) is -4.25. The molecule has 2 aromatic carbocycles. The molecule has 0 unspecified atom stereocenters. The molecule has 0 radical (unpaired) electrons. The van der Waals surface area contributed by atoms with Crippen LogP contribution >= 0.6 is 45.2 Å². The van der Waals surface area contributed by atoms with Gasteiger partial charge in [-0.3, -0.25) is 10.1 Å². The van der Waals surface area contributed by atoms with Crippen LogP contribution in [0.25, 0.3) is 0 Å². The SMILES string of the molecule is O=C(Oc1cccc(C(=O)OCC(F)(F)S(=O)(=O)[O-])c1[N+](=O)[O-])c1cc(I)cc(I)c1O. The standard InChI is InChI=1S/C16H9F2I2NO10S/c17-16(18,32(27,28)29)6-30-14(23)8-2-1-3-11(12(8)21(25)26)31-15(24)9-4-7(19)5-10(20)13(9)22/h1-5,22H,6H2,(H,27,28,29)/p-1. The maximum atomic E-state index is 13.2. The van der Waals surface area contributed by atoms with Crippen molar-refractivity contribution in [2.75, 3.05) is 6.61 Å². The maximum Gasteiger partial charge on any atom is 0.367 e. The molecule has 0 bridgehead atoms. The van der Waals surface area contributed by atoms with Gasteiger partial charge in [0, 0.05) is 3.57 Å². The zero-order chi connectivity index (χ0) is 24.4. The fourth-order valence-electron chi connectivity index (χ4n) is 2.13. The second-order valence-electron chi connectivity index (χ2n) is 5.75. The van der Waals surface area contributed by atoms with Crippen LogP contribution in [0, 0.1) is 17.3 Å². The monoisotopic (exact) mass is 698 g/mol. The van der Waals surface area contributed by atoms with Gasteiger partial charge in [-0.25, -0.2) is 18.0 Å². The van der Waals surface area contributed by atoms with Crippen molar-refractivity contribution in [1.29, 1.82) is 0 Å². The van der Waals surface area contributed by atoms with E-state index in [1.807, 2.05) is 22.6 Å². The molecule has 0 aliphatic carbocycles. The Hall–Kier alpha value is -2.19. The number of ether oxygens (including phenoxy) is 2. The zero-order valence-corrected chi connectivity index (χ0v) is 20.2. The molecule has 0 aromatic heterocycles. The number of benzene rings is 2. The number of hydrogen-bond donors (Lipinski definition) is 1. The number of esters is 2. The summed E-state index contributed by atoms with van der Waals surface area (Å²) in [5.41, 5.74) is -2.45. The van der Waals surface area contributed by atoms with Crippen LogP contribution in [-0.2, 0) is 14.9 Å². The molecule has 0 fully saturated rings. The number of halogens is 4. The van der Waals surface area contributed by atoms with Gasteiger partial charge in [0.25, 0.3) is 0 Å². The maximum absolute atomic E-state index is 13.2. The lowest BCUT2D eigenvalue weighted by molar-refractivity contribution is -0.386. The van der Waals surface area contributed by atoms with E-state index in [1.54, 1.807) is 22.6 Å². The van der Waals surface area contributed by atoms with E-state index in [0.29, 0.717) is 3.57 Å². The van der Waals surface area contributed by atoms with Crippen LogP contribution in [0.2, 0.25) is 0 Å². The first kappa shape index (κ1) is 26.1. The molecular weight excluding hydrogens is 690 g/mol. The molecule has 0 saturated carbocycles. The molecule has 16 heteroatoms. The molecule has 11 nitrogen and oxygen atoms in total. The number of nitro benzene ring substituents is 1. The van der Waals surface area contributed by atoms with Crippen LogP contribution in [0.5, 0.6) is 11.5 Å². The van der Waals surface area contributed by atoms with Gasteiger partial charge in [0.2, 0.25) is 5.75 Å². The molecule has 0 heterocycles. The number of hydrogen-bond acceptors (Lipinski definition) is 10. The molecule has 1 N–H and O–H groups in total. The van der Waals surface area contributed by atoms with Gasteiger partial charge in [0.1, 0.15) is 16.9 Å². The number of carbonyl (C=O) groups is 2. The summed E-state index contributed by atoms with van der Waals surface area (Å²) >= 11 is 3.58. The number of alkyl halides is 2. The highest BCUT2D eigenvalue weighted by atomic mass is 127. The van der Waals surface area contributed by atoms with E-state index < -0.39 is 61.6 Å². The number of phenols is 1. The molecule has 172 valence electrons. The fourth-order valence-corrected chi connectivity index (χ4v) is 4.18. The average Bonchev–Trinajstić information content (AvgIpc) is 2.67. The van der Waals surface area contributed by atoms with Gasteiger partial charge < -0.3 is 19.1 Å². The lowest BCUT2D eigenvalue weighted by atomic mass is 10.1. The van der Waals surface area contributed by atoms with Crippen LogP contribution in [0.4, 0.5) is 14.5 Å². The molecule has 2 aromatic rings. The summed E-state index contributed by atoms with van der Waals surface area (Å²) in [6, 6.07) is 5.44. The van der Waals surface area contributed by atoms with Gasteiger partial charge in [-0.15, -0.1) is 0 Å². The summed E-state index contributed by atoms with van der Waals surface area (Å²) < 4.78 is 67.6. The third-order valence-corrected chi connectivity index (χ3v) is 5.88. The fraction of sp³-hybridized carbons (Fsp3) is 0.125. The first-order valence-corrected chi connectivity index (χ1v) is 11.4. The highest BCUT2D eigenvalue weighted by Gasteiger charge is 2.40. The number of phenolic OH excluding ortho intramolecular Hbond substituents is 1. The topological polar surface area (TPSA) is 173 Å². The summed E-state index contributed by atoms with van der Waals surface area (Å²) in [7, 11) is -6.16. The van der Waals surface area contributed by atoms with Gasteiger partial charge in [-0.05, 0) is 69.4 Å². The van der Waals surface area contributed by atoms with Gasteiger partial charge in [0.15, 0.2) is 16.7 Å². The van der Waals surface area contributed by atoms with Crippen molar-refractivity contribution in [3.8, 4) is 11.5 Å². The van der Waals surface area contributed by atoms with Gasteiger partial charge in [-0.1, -0.05) is 6.07 Å². The molecule has 0 aliphatic rings. The van der Waals surface area contributed by atoms with Crippen molar-refractivity contribution in [3.05, 3.63) is 58.7 Å². The van der Waals surface area contributed by atoms with E-state index in [4.69, 9.17) is 4.74 Å². The highest BCUT2D eigenvalue weighted by molar-refractivity contribution is 14.1. The van der Waals surface area contributed by atoms with Crippen molar-refractivity contribution in [2.45, 2.75) is 5.25 Å². The summed E-state index contributed by atoms with van der Waals surface area (Å²) in [4.78, 5) is 34.8. The van der Waals surface area contributed by atoms with Gasteiger partial charge in [0.05, 0.1) is 8.49 Å². The largest absolute Gasteiger partial charge is 0.743 e. The first-order chi connectivity index (χ1) is 14.7. The Morgan fingerprint density at radius 3 is 2.34 bits per heavy atom. The number of para-hydroxylation sites is 1. The normalized spacial score (nSPS) is 11.7. The Bertz CT molecular complexity index is 1220. The first-order valence-electron chi connectivity index (χ1n) is 7.83. The lowest BCUT2D eigenvalue weighted by Crippen LogP contribution is -2.34. The van der Waals surface area contributed by atoms with Crippen LogP contribution in [0.3, 0.4) is 0 Å². The number of nitrogens with zero attached hydrogens (tertiary/aromatic N) is 1. The van der Waals surface area contributed by atoms with Crippen molar-refractivity contribution >= 4 is 72.9 Å². The van der Waals surface area contributed by atoms with Crippen LogP contribution < -0.4 is 4.74 Å². The highest BCUT2D eigenvalue weighted by Crippen LogP contribution is 2.34. The summed E-state index contributed by atoms with van der Waals surface area (Å²) in [5, 5.41) is 16.5. The van der Waals surface area contributed by atoms with Crippen molar-refractivity contribution in [1.82, 2.24) is 0 Å². The Labute approximate surface area is 204 Å². The summed E-state index contributed by atoms with van der Waals surface area (Å²) in [6.07, 6.45) is 0. The minimum Gasteiger partial charge on any atom is -0.743 e. The Morgan fingerprint density at radius 1 is 1.16 bits per heavy atom. The van der Waals surface area contributed by atoms with Gasteiger partial charge in [-0.2, -0.15) is 8.78 Å². The minimum absolute atomic E-state index is 0.280. The lowest BCUT2D eigenvalue weighted by Gasteiger charge is -2.19. The van der Waals surface area contributed by atoms with Crippen LogP contribution in [0.1, 0.15) is 20.7 Å². The smallest absolute Gasteiger partial charge is 0.367 e. The van der Waals surface area contributed by atoms with Gasteiger partial charge >= 0.3 is 22.9 Å². The predicted octanol–water partition coefficient (Wildman–Crippen LogP) is 3.02. The van der Waals surface area contributed by atoms with E-state index in [0.717, 1.165) is 18.2 Å². The zero-order valence-electron chi connectivity index (χ0n) is 15.1. The quantitative estimate of drug-likeness (QED) is 0.113. The van der Waals surface area contributed by atoms with E-state index in [1.165, 1.54) is 12.1 Å². The molecule has 32 heavy (non-hydrogen) atoms. The second-order valence-corrected chi connectivity index (χ2v) is 9.66. The summed E-state index contributed by atoms with van der Waals surface area (Å²) in [6.45, 7) is -2.19. The Kier molecular flexibility index (Phi) is 7.94. The number of nitro groups is 1. The molecule has 0 aliphatic heterocycles. The molecule has 0 saturated heterocycles. The van der Waals surface area contributed by atoms with Crippen LogP contribution in [-0.4, -0.2) is 46.8 Å². The van der Waals surface area contributed by atoms with Crippen molar-refractivity contribution < 1.29 is 50.8 Å². The predicted molar refractivity (Wildman–Crippen MR) is 117 cm³/mol. The van der Waals surface area contributed by atoms with Crippen molar-refractivity contribution in [3.63, 3.8) is 0 Å². The number of carbonyl (C=O) groups excluding carboxylic acids is 2. The van der Waals surface area contributed by atoms with E-state index >= 15 is 0 Å². The van der Waals surface area contributed by atoms with E-state index in [2.05, 4.69) is 4.74 Å². The third-order valence-electron chi connectivity index (χ3n) is 3.59. The third kappa shape index (κ3) is 5.78. The van der Waals surface area contributed by atoms with Crippen LogP contribution in [0.15, 0.2) is 30.3 Å². The molecule has 2 rings (SSSR count). The molecule has 0 atom stereocenters. The number of rotatable bonds is 7. The van der Waals surface area contributed by atoms with Crippen molar-refractivity contribution in [2.24, 2.45) is 0 Å². The molecule has 0 amide bonds. The molecule has 0 spiro atoms. The van der Waals surface area contributed by atoms with E-state index in [-0.39, 0.29) is 9.13 Å². The molecular formula is C16H8F2I2NO10S-. The minimum atomic E-state index is -6.16. The second kappa shape index (κ2) is 9.75. The number of aromatic hydroxyl groups is 1. The Balaban J connectivity index is 2.39. The van der Waals surface area contributed by atoms with E-state index in [9.17, 15) is 46.6 Å².